The van der Waals surface area contributed by atoms with Crippen molar-refractivity contribution in [3.63, 3.8) is 0 Å². The lowest BCUT2D eigenvalue weighted by Crippen LogP contribution is -2.44. The predicted octanol–water partition coefficient (Wildman–Crippen LogP) is 4.96. The van der Waals surface area contributed by atoms with Gasteiger partial charge in [-0.05, 0) is 55.5 Å². The summed E-state index contributed by atoms with van der Waals surface area (Å²) in [6.07, 6.45) is 0.0832. The number of nitrogens with one attached hydrogen (secondary N) is 1. The molecule has 39 heavy (non-hydrogen) atoms. The van der Waals surface area contributed by atoms with Crippen LogP contribution in [0.4, 0.5) is 10.5 Å². The van der Waals surface area contributed by atoms with Crippen molar-refractivity contribution in [2.24, 2.45) is 5.41 Å². The van der Waals surface area contributed by atoms with Crippen LogP contribution in [-0.4, -0.2) is 56.7 Å². The molecule has 0 saturated carbocycles. The minimum atomic E-state index is -1.02. The van der Waals surface area contributed by atoms with E-state index in [0.29, 0.717) is 18.5 Å². The SMILES string of the molecule is CCOC(=O)C(Cc1ccc(OC(=O)CCCN(C)c2ccccc2)c(C(C)=O)c1)NC(=O)OCC(C)(C)C. The number of esters is 2. The fourth-order valence-corrected chi connectivity index (χ4v) is 3.65. The van der Waals surface area contributed by atoms with Gasteiger partial charge in [0.2, 0.25) is 0 Å². The number of amides is 1. The molecule has 0 bridgehead atoms. The molecule has 0 fully saturated rings. The summed E-state index contributed by atoms with van der Waals surface area (Å²) < 4.78 is 15.8. The zero-order chi connectivity index (χ0) is 29.0. The van der Waals surface area contributed by atoms with Gasteiger partial charge in [-0.15, -0.1) is 0 Å². The van der Waals surface area contributed by atoms with Crippen LogP contribution in [0.3, 0.4) is 0 Å². The Labute approximate surface area is 230 Å². The molecule has 0 aromatic heterocycles. The summed E-state index contributed by atoms with van der Waals surface area (Å²) in [5.41, 5.74) is 1.61. The summed E-state index contributed by atoms with van der Waals surface area (Å²) in [6.45, 7) is 9.78. The van der Waals surface area contributed by atoms with Crippen molar-refractivity contribution in [2.75, 3.05) is 31.7 Å². The number of alkyl carbamates (subject to hydrolysis) is 1. The first-order chi connectivity index (χ1) is 18.4. The molecule has 2 aromatic rings. The molecule has 0 aliphatic carbocycles. The van der Waals surface area contributed by atoms with Gasteiger partial charge >= 0.3 is 18.0 Å². The molecular formula is C30H40N2O7. The number of nitrogens with zero attached hydrogens (tertiary/aromatic N) is 1. The van der Waals surface area contributed by atoms with Crippen molar-refractivity contribution in [3.05, 3.63) is 59.7 Å². The van der Waals surface area contributed by atoms with Crippen LogP contribution in [0.1, 0.15) is 63.4 Å². The Balaban J connectivity index is 2.05. The third-order valence-corrected chi connectivity index (χ3v) is 5.66. The summed E-state index contributed by atoms with van der Waals surface area (Å²) in [6, 6.07) is 13.6. The minimum Gasteiger partial charge on any atom is -0.464 e. The second-order valence-corrected chi connectivity index (χ2v) is 10.5. The molecule has 1 amide bonds. The van der Waals surface area contributed by atoms with Gasteiger partial charge < -0.3 is 24.4 Å². The monoisotopic (exact) mass is 540 g/mol. The number of hydrogen-bond donors (Lipinski definition) is 1. The molecule has 212 valence electrons. The van der Waals surface area contributed by atoms with Crippen LogP contribution < -0.4 is 15.0 Å². The Kier molecular flexibility index (Phi) is 12.0. The smallest absolute Gasteiger partial charge is 0.407 e. The molecule has 0 radical (unpaired) electrons. The zero-order valence-electron chi connectivity index (χ0n) is 23.7. The normalized spacial score (nSPS) is 11.7. The van der Waals surface area contributed by atoms with E-state index < -0.39 is 24.1 Å². The topological polar surface area (TPSA) is 111 Å². The van der Waals surface area contributed by atoms with E-state index in [2.05, 4.69) is 10.2 Å². The van der Waals surface area contributed by atoms with Gasteiger partial charge in [0.15, 0.2) is 5.78 Å². The number of ketones is 1. The molecule has 9 heteroatoms. The molecule has 0 spiro atoms. The first kappa shape index (κ1) is 31.3. The van der Waals surface area contributed by atoms with Crippen LogP contribution in [-0.2, 0) is 25.5 Å². The predicted molar refractivity (Wildman–Crippen MR) is 149 cm³/mol. The molecule has 1 unspecified atom stereocenters. The van der Waals surface area contributed by atoms with E-state index in [1.165, 1.54) is 13.0 Å². The first-order valence-corrected chi connectivity index (χ1v) is 13.1. The minimum absolute atomic E-state index is 0.0593. The quantitative estimate of drug-likeness (QED) is 0.216. The lowest BCUT2D eigenvalue weighted by atomic mass is 9.99. The summed E-state index contributed by atoms with van der Waals surface area (Å²) in [5.74, 6) is -1.21. The molecule has 1 atom stereocenters. The van der Waals surface area contributed by atoms with Crippen LogP contribution in [0.2, 0.25) is 0 Å². The number of carbonyl (C=O) groups excluding carboxylic acids is 4. The van der Waals surface area contributed by atoms with Crippen molar-refractivity contribution in [1.29, 1.82) is 0 Å². The number of para-hydroxylation sites is 1. The van der Waals surface area contributed by atoms with Crippen LogP contribution in [0, 0.1) is 5.41 Å². The van der Waals surface area contributed by atoms with E-state index in [4.69, 9.17) is 14.2 Å². The Hall–Kier alpha value is -3.88. The third kappa shape index (κ3) is 11.2. The second-order valence-electron chi connectivity index (χ2n) is 10.5. The highest BCUT2D eigenvalue weighted by molar-refractivity contribution is 5.97. The number of anilines is 1. The summed E-state index contributed by atoms with van der Waals surface area (Å²) in [4.78, 5) is 51.7. The molecule has 2 rings (SSSR count). The van der Waals surface area contributed by atoms with Crippen LogP contribution in [0.5, 0.6) is 5.75 Å². The lowest BCUT2D eigenvalue weighted by Gasteiger charge is -2.21. The average molecular weight is 541 g/mol. The van der Waals surface area contributed by atoms with E-state index in [1.807, 2.05) is 58.2 Å². The third-order valence-electron chi connectivity index (χ3n) is 5.66. The van der Waals surface area contributed by atoms with Gasteiger partial charge in [0, 0.05) is 32.1 Å². The van der Waals surface area contributed by atoms with Gasteiger partial charge in [0.05, 0.1) is 18.8 Å². The van der Waals surface area contributed by atoms with E-state index in [9.17, 15) is 19.2 Å². The number of carbonyl (C=O) groups is 4. The lowest BCUT2D eigenvalue weighted by molar-refractivity contribution is -0.145. The highest BCUT2D eigenvalue weighted by Crippen LogP contribution is 2.23. The molecule has 9 nitrogen and oxygen atoms in total. The maximum atomic E-state index is 12.5. The molecule has 0 aliphatic heterocycles. The Morgan fingerprint density at radius 1 is 1.00 bits per heavy atom. The Morgan fingerprint density at radius 3 is 2.31 bits per heavy atom. The maximum absolute atomic E-state index is 12.5. The van der Waals surface area contributed by atoms with E-state index >= 15 is 0 Å². The molecule has 2 aromatic carbocycles. The highest BCUT2D eigenvalue weighted by atomic mass is 16.6. The van der Waals surface area contributed by atoms with Gasteiger partial charge in [0.25, 0.3) is 0 Å². The Bertz CT molecular complexity index is 1130. The molecular weight excluding hydrogens is 500 g/mol. The van der Waals surface area contributed by atoms with Gasteiger partial charge in [-0.25, -0.2) is 9.59 Å². The van der Waals surface area contributed by atoms with Crippen molar-refractivity contribution in [1.82, 2.24) is 5.32 Å². The first-order valence-electron chi connectivity index (χ1n) is 13.1. The number of benzene rings is 2. The number of hydrogen-bond acceptors (Lipinski definition) is 8. The summed E-state index contributed by atoms with van der Waals surface area (Å²) >= 11 is 0. The zero-order valence-corrected chi connectivity index (χ0v) is 23.7. The van der Waals surface area contributed by atoms with Gasteiger partial charge in [-0.3, -0.25) is 9.59 Å². The number of rotatable bonds is 13. The van der Waals surface area contributed by atoms with Crippen molar-refractivity contribution in [3.8, 4) is 5.75 Å². The summed E-state index contributed by atoms with van der Waals surface area (Å²) in [7, 11) is 1.95. The maximum Gasteiger partial charge on any atom is 0.407 e. The van der Waals surface area contributed by atoms with Crippen LogP contribution in [0.25, 0.3) is 0 Å². The van der Waals surface area contributed by atoms with E-state index in [-0.39, 0.29) is 48.6 Å². The largest absolute Gasteiger partial charge is 0.464 e. The second kappa shape index (κ2) is 14.9. The molecule has 0 saturated heterocycles. The summed E-state index contributed by atoms with van der Waals surface area (Å²) in [5, 5.41) is 2.55. The standard InChI is InChI=1S/C30H40N2O7/c1-7-37-28(35)25(31-29(36)38-20-30(3,4)5)19-22-15-16-26(24(18-22)21(2)33)39-27(34)14-11-17-32(6)23-12-9-8-10-13-23/h8-10,12-13,15-16,18,25H,7,11,14,17,19-20H2,1-6H3,(H,31,36). The number of ether oxygens (including phenoxy) is 3. The highest BCUT2D eigenvalue weighted by Gasteiger charge is 2.25. The molecule has 1 N–H and O–H groups in total. The van der Waals surface area contributed by atoms with Gasteiger partial charge in [-0.1, -0.05) is 45.0 Å². The van der Waals surface area contributed by atoms with Crippen molar-refractivity contribution < 1.29 is 33.4 Å². The number of Topliss-reactive ketones (excluding diaryl/α,β-unsaturated/α-hetero) is 1. The van der Waals surface area contributed by atoms with Crippen molar-refractivity contribution in [2.45, 2.75) is 59.9 Å². The fourth-order valence-electron chi connectivity index (χ4n) is 3.65. The molecule has 0 aliphatic rings. The van der Waals surface area contributed by atoms with E-state index in [1.54, 1.807) is 19.1 Å². The van der Waals surface area contributed by atoms with E-state index in [0.717, 1.165) is 5.69 Å². The van der Waals surface area contributed by atoms with Gasteiger partial charge in [-0.2, -0.15) is 0 Å². The van der Waals surface area contributed by atoms with Crippen LogP contribution in [0.15, 0.2) is 48.5 Å². The van der Waals surface area contributed by atoms with Gasteiger partial charge in [0.1, 0.15) is 11.8 Å². The Morgan fingerprint density at radius 2 is 1.69 bits per heavy atom. The van der Waals surface area contributed by atoms with Crippen molar-refractivity contribution >= 4 is 29.5 Å². The average Bonchev–Trinajstić information content (AvgIpc) is 2.88. The van der Waals surface area contributed by atoms with Crippen LogP contribution >= 0.6 is 0 Å². The fraction of sp³-hybridized carbons (Fsp3) is 0.467. The molecule has 0 heterocycles.